The maximum absolute atomic E-state index is 12.3. The molecule has 2 aromatic rings. The van der Waals surface area contributed by atoms with E-state index in [0.717, 1.165) is 12.0 Å². The quantitative estimate of drug-likeness (QED) is 0.618. The van der Waals surface area contributed by atoms with Crippen LogP contribution in [0.1, 0.15) is 12.5 Å². The number of aromatic nitrogens is 1. The van der Waals surface area contributed by atoms with Crippen LogP contribution in [0.25, 0.3) is 0 Å². The lowest BCUT2D eigenvalue weighted by Gasteiger charge is -2.10. The Bertz CT molecular complexity index is 781. The van der Waals surface area contributed by atoms with Gasteiger partial charge in [-0.05, 0) is 46.1 Å². The number of hydrogen-bond donors (Lipinski definition) is 2. The first-order chi connectivity index (χ1) is 9.83. The van der Waals surface area contributed by atoms with E-state index in [2.05, 4.69) is 25.6 Å². The lowest BCUT2D eigenvalue weighted by atomic mass is 10.1. The first kappa shape index (κ1) is 16.1. The van der Waals surface area contributed by atoms with Crippen LogP contribution >= 0.6 is 27.5 Å². The van der Waals surface area contributed by atoms with Crippen molar-refractivity contribution >= 4 is 48.9 Å². The van der Waals surface area contributed by atoms with E-state index in [4.69, 9.17) is 17.3 Å². The van der Waals surface area contributed by atoms with Crippen LogP contribution in [0.5, 0.6) is 0 Å². The number of nitrogens with two attached hydrogens (primary N) is 1. The molecule has 1 heterocycles. The van der Waals surface area contributed by atoms with Crippen molar-refractivity contribution in [1.29, 1.82) is 0 Å². The van der Waals surface area contributed by atoms with E-state index in [0.29, 0.717) is 15.8 Å². The molecule has 0 aliphatic heterocycles. The van der Waals surface area contributed by atoms with E-state index < -0.39 is 10.0 Å². The van der Waals surface area contributed by atoms with Crippen LogP contribution in [0.4, 0.5) is 11.4 Å². The molecule has 2 rings (SSSR count). The summed E-state index contributed by atoms with van der Waals surface area (Å²) in [5.41, 5.74) is 7.51. The average Bonchev–Trinajstić information content (AvgIpc) is 2.42. The zero-order valence-corrected chi connectivity index (χ0v) is 14.3. The molecule has 0 fully saturated rings. The van der Waals surface area contributed by atoms with Gasteiger partial charge in [0.05, 0.1) is 21.3 Å². The van der Waals surface area contributed by atoms with Gasteiger partial charge in [-0.2, -0.15) is 0 Å². The minimum atomic E-state index is -3.72. The molecule has 1 aromatic heterocycles. The molecule has 0 unspecified atom stereocenters. The molecule has 0 aliphatic carbocycles. The monoisotopic (exact) mass is 389 g/mol. The molecular formula is C13H13BrClN3O2S. The van der Waals surface area contributed by atoms with Crippen molar-refractivity contribution in [2.75, 3.05) is 10.5 Å². The first-order valence-corrected chi connectivity index (χ1v) is 8.71. The molecule has 1 aromatic carbocycles. The molecular weight excluding hydrogens is 378 g/mol. The highest BCUT2D eigenvalue weighted by Gasteiger charge is 2.16. The molecule has 0 spiro atoms. The average molecular weight is 391 g/mol. The summed E-state index contributed by atoms with van der Waals surface area (Å²) in [5, 5.41) is 0.259. The number of anilines is 2. The number of benzene rings is 1. The summed E-state index contributed by atoms with van der Waals surface area (Å²) in [5.74, 6) is 0. The molecule has 3 N–H and O–H groups in total. The van der Waals surface area contributed by atoms with Gasteiger partial charge in [-0.3, -0.25) is 4.72 Å². The number of pyridine rings is 1. The summed E-state index contributed by atoms with van der Waals surface area (Å²) < 4.78 is 27.6. The van der Waals surface area contributed by atoms with Crippen LogP contribution in [0.2, 0.25) is 5.15 Å². The maximum atomic E-state index is 12.3. The summed E-state index contributed by atoms with van der Waals surface area (Å²) in [6.07, 6.45) is 2.09. The van der Waals surface area contributed by atoms with Gasteiger partial charge in [0.2, 0.25) is 0 Å². The molecule has 21 heavy (non-hydrogen) atoms. The normalized spacial score (nSPS) is 11.4. The topological polar surface area (TPSA) is 85.1 Å². The fourth-order valence-corrected chi connectivity index (χ4v) is 3.27. The molecule has 0 bridgehead atoms. The number of sulfonamides is 1. The maximum Gasteiger partial charge on any atom is 0.262 e. The minimum Gasteiger partial charge on any atom is -0.398 e. The van der Waals surface area contributed by atoms with Gasteiger partial charge in [0.1, 0.15) is 5.15 Å². The number of nitrogens with zero attached hydrogens (tertiary/aromatic N) is 1. The molecule has 0 amide bonds. The van der Waals surface area contributed by atoms with E-state index >= 15 is 0 Å². The van der Waals surface area contributed by atoms with Crippen molar-refractivity contribution in [2.24, 2.45) is 0 Å². The Labute approximate surface area is 136 Å². The van der Waals surface area contributed by atoms with E-state index in [1.54, 1.807) is 6.07 Å². The third-order valence-corrected chi connectivity index (χ3v) is 5.37. The Balaban J connectivity index is 2.33. The fraction of sp³-hybridized carbons (Fsp3) is 0.154. The van der Waals surface area contributed by atoms with Gasteiger partial charge in [-0.25, -0.2) is 13.4 Å². The number of rotatable bonds is 4. The Morgan fingerprint density at radius 2 is 2.10 bits per heavy atom. The number of aryl methyl sites for hydroxylation is 1. The molecule has 5 nitrogen and oxygen atoms in total. The second-order valence-corrected chi connectivity index (χ2v) is 7.21. The van der Waals surface area contributed by atoms with Crippen molar-refractivity contribution in [3.05, 3.63) is 45.7 Å². The van der Waals surface area contributed by atoms with Crippen molar-refractivity contribution < 1.29 is 8.42 Å². The molecule has 0 atom stereocenters. The smallest absolute Gasteiger partial charge is 0.262 e. The van der Waals surface area contributed by atoms with Crippen molar-refractivity contribution in [3.63, 3.8) is 0 Å². The number of nitrogen functional groups attached to an aromatic ring is 1. The summed E-state index contributed by atoms with van der Waals surface area (Å²) in [7, 11) is -3.72. The Morgan fingerprint density at radius 3 is 2.67 bits per heavy atom. The lowest BCUT2D eigenvalue weighted by molar-refractivity contribution is 0.601. The Hall–Kier alpha value is -1.31. The zero-order valence-electron chi connectivity index (χ0n) is 11.1. The molecule has 0 radical (unpaired) electrons. The van der Waals surface area contributed by atoms with Crippen LogP contribution in [0.3, 0.4) is 0 Å². The Kier molecular flexibility index (Phi) is 4.75. The second kappa shape index (κ2) is 6.21. The van der Waals surface area contributed by atoms with Gasteiger partial charge in [0.15, 0.2) is 0 Å². The first-order valence-electron chi connectivity index (χ1n) is 6.05. The minimum absolute atomic E-state index is 0.100. The summed E-state index contributed by atoms with van der Waals surface area (Å²) in [4.78, 5) is 3.97. The second-order valence-electron chi connectivity index (χ2n) is 4.32. The van der Waals surface area contributed by atoms with Crippen LogP contribution in [0, 0.1) is 0 Å². The van der Waals surface area contributed by atoms with Crippen LogP contribution < -0.4 is 10.5 Å². The number of halogens is 2. The molecule has 0 aliphatic rings. The highest BCUT2D eigenvalue weighted by Crippen LogP contribution is 2.25. The molecule has 8 heteroatoms. The highest BCUT2D eigenvalue weighted by atomic mass is 79.9. The van der Waals surface area contributed by atoms with Crippen LogP contribution in [0.15, 0.2) is 39.8 Å². The van der Waals surface area contributed by atoms with E-state index in [1.807, 2.05) is 6.92 Å². The number of hydrogen-bond acceptors (Lipinski definition) is 4. The predicted octanol–water partition coefficient (Wildman–Crippen LogP) is 3.44. The largest absolute Gasteiger partial charge is 0.398 e. The van der Waals surface area contributed by atoms with E-state index in [9.17, 15) is 8.42 Å². The van der Waals surface area contributed by atoms with Gasteiger partial charge >= 0.3 is 0 Å². The summed E-state index contributed by atoms with van der Waals surface area (Å²) in [6.45, 7) is 1.95. The summed E-state index contributed by atoms with van der Waals surface area (Å²) >= 11 is 8.96. The van der Waals surface area contributed by atoms with Crippen molar-refractivity contribution in [3.8, 4) is 0 Å². The predicted molar refractivity (Wildman–Crippen MR) is 88.0 cm³/mol. The van der Waals surface area contributed by atoms with Gasteiger partial charge in [0, 0.05) is 5.69 Å². The lowest BCUT2D eigenvalue weighted by Crippen LogP contribution is -2.13. The molecule has 0 saturated heterocycles. The van der Waals surface area contributed by atoms with Gasteiger partial charge < -0.3 is 5.73 Å². The summed E-state index contributed by atoms with van der Waals surface area (Å²) in [6, 6.07) is 6.21. The van der Waals surface area contributed by atoms with Crippen molar-refractivity contribution in [2.45, 2.75) is 18.2 Å². The van der Waals surface area contributed by atoms with Gasteiger partial charge in [0.25, 0.3) is 10.0 Å². The highest BCUT2D eigenvalue weighted by molar-refractivity contribution is 9.10. The van der Waals surface area contributed by atoms with E-state index in [1.165, 1.54) is 24.4 Å². The van der Waals surface area contributed by atoms with Crippen LogP contribution in [-0.4, -0.2) is 13.4 Å². The van der Waals surface area contributed by atoms with Crippen LogP contribution in [-0.2, 0) is 16.4 Å². The zero-order chi connectivity index (χ0) is 15.6. The molecule has 112 valence electrons. The standard InChI is InChI=1S/C13H13BrClN3O2S/c1-2-8-3-4-10(6-12(8)16)21(19,20)18-9-5-11(14)13(15)17-7-9/h3-7,18H,2,16H2,1H3. The molecule has 0 saturated carbocycles. The fourth-order valence-electron chi connectivity index (χ4n) is 1.75. The van der Waals surface area contributed by atoms with Crippen molar-refractivity contribution in [1.82, 2.24) is 4.98 Å². The van der Waals surface area contributed by atoms with Gasteiger partial charge in [-0.1, -0.05) is 24.6 Å². The third kappa shape index (κ3) is 3.66. The van der Waals surface area contributed by atoms with Gasteiger partial charge in [-0.15, -0.1) is 0 Å². The Morgan fingerprint density at radius 1 is 1.38 bits per heavy atom. The van der Waals surface area contributed by atoms with E-state index in [-0.39, 0.29) is 10.0 Å². The SMILES string of the molecule is CCc1ccc(S(=O)(=O)Nc2cnc(Cl)c(Br)c2)cc1N. The third-order valence-electron chi connectivity index (χ3n) is 2.86. The number of nitrogens with one attached hydrogen (secondary N) is 1.